The molecule has 1 aliphatic heterocycles. The van der Waals surface area contributed by atoms with Gasteiger partial charge in [0.05, 0.1) is 5.41 Å². The molecule has 5 heteroatoms. The molecule has 0 aromatic heterocycles. The molecule has 0 saturated carbocycles. The number of carboxylic acids is 1. The highest BCUT2D eigenvalue weighted by atomic mass is 16.4. The number of terminal acetylenes is 1. The summed E-state index contributed by atoms with van der Waals surface area (Å²) in [5, 5.41) is 12.4. The summed E-state index contributed by atoms with van der Waals surface area (Å²) in [7, 11) is 0. The van der Waals surface area contributed by atoms with E-state index in [1.54, 1.807) is 4.90 Å². The number of hydrogen-bond donors (Lipinski definition) is 2. The number of carbonyl (C=O) groups excluding carboxylic acids is 1. The van der Waals surface area contributed by atoms with Gasteiger partial charge in [-0.25, -0.2) is 4.79 Å². The van der Waals surface area contributed by atoms with Gasteiger partial charge in [0.1, 0.15) is 0 Å². The average Bonchev–Trinajstić information content (AvgIpc) is 2.47. The monoisotopic (exact) mass is 294 g/mol. The second kappa shape index (κ2) is 7.92. The Morgan fingerprint density at radius 1 is 1.38 bits per heavy atom. The Bertz CT molecular complexity index is 406. The number of nitrogens with zero attached hydrogens (tertiary/aromatic N) is 1. The van der Waals surface area contributed by atoms with Crippen LogP contribution in [0.4, 0.5) is 4.79 Å². The summed E-state index contributed by atoms with van der Waals surface area (Å²) in [5.74, 6) is 1.83. The summed E-state index contributed by atoms with van der Waals surface area (Å²) >= 11 is 0. The van der Waals surface area contributed by atoms with Crippen LogP contribution >= 0.6 is 0 Å². The highest BCUT2D eigenvalue weighted by Gasteiger charge is 2.41. The fraction of sp³-hybridized carbons (Fsp3) is 0.750. The fourth-order valence-corrected chi connectivity index (χ4v) is 2.89. The van der Waals surface area contributed by atoms with Crippen molar-refractivity contribution in [3.63, 3.8) is 0 Å². The SMILES string of the molecule is C#CCC(CC)NC(=O)N1CCC(CCC)(C(=O)O)CC1. The molecule has 0 aliphatic carbocycles. The van der Waals surface area contributed by atoms with E-state index >= 15 is 0 Å². The number of carboxylic acid groups (broad SMARTS) is 1. The number of urea groups is 1. The van der Waals surface area contributed by atoms with E-state index < -0.39 is 11.4 Å². The van der Waals surface area contributed by atoms with Gasteiger partial charge >= 0.3 is 12.0 Å². The number of aliphatic carboxylic acids is 1. The Labute approximate surface area is 127 Å². The van der Waals surface area contributed by atoms with Gasteiger partial charge in [-0.3, -0.25) is 4.79 Å². The van der Waals surface area contributed by atoms with E-state index in [1.165, 1.54) is 0 Å². The Kier molecular flexibility index (Phi) is 6.54. The zero-order chi connectivity index (χ0) is 15.9. The van der Waals surface area contributed by atoms with Crippen LogP contribution in [0.5, 0.6) is 0 Å². The van der Waals surface area contributed by atoms with E-state index in [0.717, 1.165) is 12.8 Å². The van der Waals surface area contributed by atoms with Gasteiger partial charge in [-0.15, -0.1) is 12.3 Å². The number of rotatable bonds is 6. The van der Waals surface area contributed by atoms with Crippen molar-refractivity contribution in [2.24, 2.45) is 5.41 Å². The van der Waals surface area contributed by atoms with Crippen LogP contribution in [0.3, 0.4) is 0 Å². The number of piperidine rings is 1. The van der Waals surface area contributed by atoms with E-state index in [4.69, 9.17) is 6.42 Å². The van der Waals surface area contributed by atoms with E-state index in [-0.39, 0.29) is 12.1 Å². The molecule has 0 radical (unpaired) electrons. The topological polar surface area (TPSA) is 69.6 Å². The highest BCUT2D eigenvalue weighted by Crippen LogP contribution is 2.36. The van der Waals surface area contributed by atoms with Crippen LogP contribution in [0.15, 0.2) is 0 Å². The lowest BCUT2D eigenvalue weighted by Gasteiger charge is -2.39. The molecule has 5 nitrogen and oxygen atoms in total. The van der Waals surface area contributed by atoms with Crippen LogP contribution in [-0.4, -0.2) is 41.1 Å². The molecule has 118 valence electrons. The van der Waals surface area contributed by atoms with Crippen molar-refractivity contribution in [1.29, 1.82) is 0 Å². The minimum Gasteiger partial charge on any atom is -0.481 e. The van der Waals surface area contributed by atoms with E-state index in [0.29, 0.717) is 38.8 Å². The Hall–Kier alpha value is -1.70. The predicted molar refractivity (Wildman–Crippen MR) is 81.8 cm³/mol. The van der Waals surface area contributed by atoms with Crippen LogP contribution in [0.2, 0.25) is 0 Å². The molecule has 1 heterocycles. The van der Waals surface area contributed by atoms with Gasteiger partial charge in [-0.2, -0.15) is 0 Å². The molecule has 1 rings (SSSR count). The molecule has 1 unspecified atom stereocenters. The van der Waals surface area contributed by atoms with E-state index in [1.807, 2.05) is 13.8 Å². The quantitative estimate of drug-likeness (QED) is 0.739. The predicted octanol–water partition coefficient (Wildman–Crippen LogP) is 2.46. The van der Waals surface area contributed by atoms with Gasteiger partial charge in [0.15, 0.2) is 0 Å². The normalized spacial score (nSPS) is 18.6. The third kappa shape index (κ3) is 4.38. The third-order valence-corrected chi connectivity index (χ3v) is 4.37. The summed E-state index contributed by atoms with van der Waals surface area (Å²) in [6.45, 7) is 4.96. The standard InChI is InChI=1S/C16H26N2O3/c1-4-7-13(6-3)17-15(21)18-11-9-16(8-5-2,10-12-18)14(19)20/h1,13H,5-12H2,2-3H3,(H,17,21)(H,19,20). The molecule has 0 spiro atoms. The van der Waals surface area contributed by atoms with Crippen molar-refractivity contribution in [3.05, 3.63) is 0 Å². The van der Waals surface area contributed by atoms with Crippen molar-refractivity contribution in [1.82, 2.24) is 10.2 Å². The van der Waals surface area contributed by atoms with Crippen molar-refractivity contribution < 1.29 is 14.7 Å². The zero-order valence-corrected chi connectivity index (χ0v) is 13.0. The Morgan fingerprint density at radius 2 is 2.00 bits per heavy atom. The first-order valence-electron chi connectivity index (χ1n) is 7.71. The van der Waals surface area contributed by atoms with Crippen molar-refractivity contribution in [3.8, 4) is 12.3 Å². The first kappa shape index (κ1) is 17.4. The zero-order valence-electron chi connectivity index (χ0n) is 13.0. The molecule has 1 aliphatic rings. The second-order valence-electron chi connectivity index (χ2n) is 5.79. The Morgan fingerprint density at radius 3 is 2.43 bits per heavy atom. The molecule has 2 N–H and O–H groups in total. The first-order valence-corrected chi connectivity index (χ1v) is 7.71. The average molecular weight is 294 g/mol. The van der Waals surface area contributed by atoms with Crippen LogP contribution in [0.1, 0.15) is 52.4 Å². The van der Waals surface area contributed by atoms with Gasteiger partial charge in [0.25, 0.3) is 0 Å². The minimum atomic E-state index is -0.733. The minimum absolute atomic E-state index is 0.00991. The van der Waals surface area contributed by atoms with Crippen LogP contribution < -0.4 is 5.32 Å². The van der Waals surface area contributed by atoms with Gasteiger partial charge in [0.2, 0.25) is 0 Å². The van der Waals surface area contributed by atoms with Crippen LogP contribution in [-0.2, 0) is 4.79 Å². The number of hydrogen-bond acceptors (Lipinski definition) is 2. The van der Waals surface area contributed by atoms with Crippen molar-refractivity contribution in [2.75, 3.05) is 13.1 Å². The second-order valence-corrected chi connectivity index (χ2v) is 5.79. The molecule has 0 bridgehead atoms. The molecule has 1 saturated heterocycles. The van der Waals surface area contributed by atoms with E-state index in [9.17, 15) is 14.7 Å². The lowest BCUT2D eigenvalue weighted by Crippen LogP contribution is -2.51. The number of carbonyl (C=O) groups is 2. The van der Waals surface area contributed by atoms with Crippen molar-refractivity contribution >= 4 is 12.0 Å². The molecule has 0 aromatic rings. The van der Waals surface area contributed by atoms with E-state index in [2.05, 4.69) is 11.2 Å². The van der Waals surface area contributed by atoms with Gasteiger partial charge in [-0.05, 0) is 25.7 Å². The first-order chi connectivity index (χ1) is 9.99. The molecular formula is C16H26N2O3. The Balaban J connectivity index is 2.57. The lowest BCUT2D eigenvalue weighted by molar-refractivity contribution is -0.152. The van der Waals surface area contributed by atoms with Crippen molar-refractivity contribution in [2.45, 2.75) is 58.4 Å². The summed E-state index contributed by atoms with van der Waals surface area (Å²) in [5.41, 5.74) is -0.658. The highest BCUT2D eigenvalue weighted by molar-refractivity contribution is 5.77. The summed E-state index contributed by atoms with van der Waals surface area (Å²) in [6.07, 6.45) is 9.16. The number of nitrogens with one attached hydrogen (secondary N) is 1. The largest absolute Gasteiger partial charge is 0.481 e. The third-order valence-electron chi connectivity index (χ3n) is 4.37. The van der Waals surface area contributed by atoms with Crippen LogP contribution in [0, 0.1) is 17.8 Å². The van der Waals surface area contributed by atoms with Gasteiger partial charge < -0.3 is 15.3 Å². The van der Waals surface area contributed by atoms with Crippen LogP contribution in [0.25, 0.3) is 0 Å². The molecular weight excluding hydrogens is 268 g/mol. The molecule has 0 aromatic carbocycles. The number of amides is 2. The van der Waals surface area contributed by atoms with Gasteiger partial charge in [-0.1, -0.05) is 20.3 Å². The maximum atomic E-state index is 12.2. The molecule has 21 heavy (non-hydrogen) atoms. The number of likely N-dealkylation sites (tertiary alicyclic amines) is 1. The molecule has 2 amide bonds. The lowest BCUT2D eigenvalue weighted by atomic mass is 9.75. The van der Waals surface area contributed by atoms with Gasteiger partial charge in [0, 0.05) is 25.6 Å². The maximum Gasteiger partial charge on any atom is 0.317 e. The molecule has 1 fully saturated rings. The fourth-order valence-electron chi connectivity index (χ4n) is 2.89. The molecule has 1 atom stereocenters. The smallest absolute Gasteiger partial charge is 0.317 e. The summed E-state index contributed by atoms with van der Waals surface area (Å²) in [6, 6.07) is -0.142. The maximum absolute atomic E-state index is 12.2. The summed E-state index contributed by atoms with van der Waals surface area (Å²) < 4.78 is 0. The summed E-state index contributed by atoms with van der Waals surface area (Å²) in [4.78, 5) is 25.4.